The molecule has 5 nitrogen and oxygen atoms in total. The first-order valence-corrected chi connectivity index (χ1v) is 6.69. The van der Waals surface area contributed by atoms with Gasteiger partial charge in [-0.25, -0.2) is 0 Å². The Hall–Kier alpha value is -0.950. The van der Waals surface area contributed by atoms with Crippen molar-refractivity contribution in [1.82, 2.24) is 10.2 Å². The Bertz CT molecular complexity index is 466. The van der Waals surface area contributed by atoms with Crippen molar-refractivity contribution < 1.29 is 13.6 Å². The van der Waals surface area contributed by atoms with Crippen LogP contribution in [0.15, 0.2) is 23.1 Å². The van der Waals surface area contributed by atoms with Gasteiger partial charge in [-0.2, -0.15) is 0 Å². The molecule has 1 amide bonds. The van der Waals surface area contributed by atoms with Crippen LogP contribution in [0.4, 0.5) is 0 Å². The Morgan fingerprint density at radius 2 is 2.17 bits per heavy atom. The van der Waals surface area contributed by atoms with E-state index in [4.69, 9.17) is 11.6 Å². The fourth-order valence-corrected chi connectivity index (χ4v) is 2.02. The second-order valence-electron chi connectivity index (χ2n) is 3.94. The molecule has 0 bridgehead atoms. The first kappa shape index (κ1) is 15.1. The number of nitrogens with zero attached hydrogens (tertiary/aromatic N) is 1. The van der Waals surface area contributed by atoms with Gasteiger partial charge in [0.05, 0.1) is 5.02 Å². The highest BCUT2D eigenvalue weighted by Gasteiger charge is 2.09. The predicted octanol–water partition coefficient (Wildman–Crippen LogP) is 0.869. The van der Waals surface area contributed by atoms with Crippen molar-refractivity contribution in [3.8, 4) is 0 Å². The molecular weight excluding hydrogens is 276 g/mol. The molecule has 1 atom stereocenters. The summed E-state index contributed by atoms with van der Waals surface area (Å²) in [5.74, 6) is -0.319. The molecular formula is C11H14ClN2O3S-. The fourth-order valence-electron chi connectivity index (χ4n) is 1.27. The van der Waals surface area contributed by atoms with Crippen LogP contribution >= 0.6 is 11.6 Å². The van der Waals surface area contributed by atoms with E-state index in [2.05, 4.69) is 5.32 Å². The van der Waals surface area contributed by atoms with E-state index in [1.54, 1.807) is 0 Å². The monoisotopic (exact) mass is 289 g/mol. The van der Waals surface area contributed by atoms with Crippen LogP contribution in [0.2, 0.25) is 5.02 Å². The maximum Gasteiger partial charge on any atom is 0.251 e. The number of nitrogens with one attached hydrogen (secondary N) is 1. The lowest BCUT2D eigenvalue weighted by Crippen LogP contribution is -2.31. The highest BCUT2D eigenvalue weighted by molar-refractivity contribution is 7.79. The van der Waals surface area contributed by atoms with Gasteiger partial charge in [-0.15, -0.1) is 0 Å². The van der Waals surface area contributed by atoms with Crippen LogP contribution in [0.25, 0.3) is 0 Å². The van der Waals surface area contributed by atoms with Gasteiger partial charge < -0.3 is 14.8 Å². The molecule has 0 spiro atoms. The summed E-state index contributed by atoms with van der Waals surface area (Å²) in [7, 11) is 3.79. The summed E-state index contributed by atoms with van der Waals surface area (Å²) in [5.41, 5.74) is 0.275. The largest absolute Gasteiger partial charge is 0.768 e. The molecule has 18 heavy (non-hydrogen) atoms. The highest BCUT2D eigenvalue weighted by atomic mass is 35.5. The first-order valence-electron chi connectivity index (χ1n) is 5.23. The molecule has 100 valence electrons. The molecule has 1 N–H and O–H groups in total. The quantitative estimate of drug-likeness (QED) is 0.817. The van der Waals surface area contributed by atoms with E-state index < -0.39 is 11.1 Å². The van der Waals surface area contributed by atoms with Gasteiger partial charge in [0.2, 0.25) is 0 Å². The summed E-state index contributed by atoms with van der Waals surface area (Å²) < 4.78 is 21.8. The number of halogens is 1. The Kier molecular flexibility index (Phi) is 5.74. The van der Waals surface area contributed by atoms with Gasteiger partial charge in [0.15, 0.2) is 0 Å². The standard InChI is InChI=1S/C11H15ClN2O3S/c1-14(2)6-5-13-11(15)8-3-4-9(12)10(7-8)18(16)17/h3-4,7H,5-6H2,1-2H3,(H,13,15)(H,16,17)/p-1. The zero-order valence-corrected chi connectivity index (χ0v) is 11.7. The average Bonchev–Trinajstić information content (AvgIpc) is 2.28. The third-order valence-corrected chi connectivity index (χ3v) is 3.36. The van der Waals surface area contributed by atoms with E-state index >= 15 is 0 Å². The van der Waals surface area contributed by atoms with Crippen molar-refractivity contribution in [3.05, 3.63) is 28.8 Å². The molecule has 0 aliphatic carbocycles. The summed E-state index contributed by atoms with van der Waals surface area (Å²) in [6, 6.07) is 4.15. The molecule has 1 unspecified atom stereocenters. The molecule has 0 aromatic heterocycles. The normalized spacial score (nSPS) is 12.5. The molecule has 0 saturated carbocycles. The SMILES string of the molecule is CN(C)CCNC(=O)c1ccc(Cl)c(S(=O)[O-])c1. The lowest BCUT2D eigenvalue weighted by Gasteiger charge is -2.12. The minimum atomic E-state index is -2.45. The van der Waals surface area contributed by atoms with E-state index in [0.29, 0.717) is 13.1 Å². The molecule has 0 aliphatic heterocycles. The van der Waals surface area contributed by atoms with Crippen molar-refractivity contribution in [2.24, 2.45) is 0 Å². The maximum absolute atomic E-state index is 11.7. The Morgan fingerprint density at radius 3 is 2.72 bits per heavy atom. The molecule has 1 rings (SSSR count). The number of rotatable bonds is 5. The molecule has 0 radical (unpaired) electrons. The zero-order chi connectivity index (χ0) is 13.7. The Morgan fingerprint density at radius 1 is 1.50 bits per heavy atom. The van der Waals surface area contributed by atoms with Gasteiger partial charge in [0.1, 0.15) is 0 Å². The number of likely N-dealkylation sites (N-methyl/N-ethyl adjacent to an activating group) is 1. The summed E-state index contributed by atoms with van der Waals surface area (Å²) in [6.45, 7) is 1.20. The first-order chi connectivity index (χ1) is 8.41. The second-order valence-corrected chi connectivity index (χ2v) is 5.26. The number of hydrogen-bond donors (Lipinski definition) is 1. The van der Waals surface area contributed by atoms with Crippen molar-refractivity contribution in [2.75, 3.05) is 27.2 Å². The lowest BCUT2D eigenvalue weighted by atomic mass is 10.2. The lowest BCUT2D eigenvalue weighted by molar-refractivity contribution is 0.0951. The number of hydrogen-bond acceptors (Lipinski definition) is 4. The average molecular weight is 290 g/mol. The van der Waals surface area contributed by atoms with Gasteiger partial charge in [-0.05, 0) is 43.4 Å². The number of carbonyl (C=O) groups is 1. The van der Waals surface area contributed by atoms with Crippen LogP contribution in [-0.2, 0) is 11.1 Å². The molecule has 0 fully saturated rings. The summed E-state index contributed by atoms with van der Waals surface area (Å²) >= 11 is 3.26. The van der Waals surface area contributed by atoms with Crippen LogP contribution in [-0.4, -0.2) is 46.8 Å². The third kappa shape index (κ3) is 4.38. The van der Waals surface area contributed by atoms with Crippen LogP contribution < -0.4 is 5.32 Å². The van der Waals surface area contributed by atoms with Gasteiger partial charge >= 0.3 is 0 Å². The third-order valence-electron chi connectivity index (χ3n) is 2.22. The van der Waals surface area contributed by atoms with Gasteiger partial charge in [-0.1, -0.05) is 11.6 Å². The van der Waals surface area contributed by atoms with Gasteiger partial charge in [-0.3, -0.25) is 9.00 Å². The predicted molar refractivity (Wildman–Crippen MR) is 69.5 cm³/mol. The van der Waals surface area contributed by atoms with Crippen molar-refractivity contribution >= 4 is 28.6 Å². The molecule has 0 aliphatic rings. The summed E-state index contributed by atoms with van der Waals surface area (Å²) in [5, 5.41) is 2.80. The van der Waals surface area contributed by atoms with Crippen LogP contribution in [0.3, 0.4) is 0 Å². The molecule has 0 heterocycles. The molecule has 0 saturated heterocycles. The Labute approximate surface area is 113 Å². The summed E-state index contributed by atoms with van der Waals surface area (Å²) in [6.07, 6.45) is 0. The fraction of sp³-hybridized carbons (Fsp3) is 0.364. The number of amides is 1. The van der Waals surface area contributed by atoms with Gasteiger partial charge in [0.25, 0.3) is 5.91 Å². The minimum absolute atomic E-state index is 0.0723. The molecule has 1 aromatic rings. The van der Waals surface area contributed by atoms with E-state index in [1.807, 2.05) is 19.0 Å². The maximum atomic E-state index is 11.7. The smallest absolute Gasteiger partial charge is 0.251 e. The Balaban J connectivity index is 2.74. The van der Waals surface area contributed by atoms with E-state index in [0.717, 1.165) is 0 Å². The van der Waals surface area contributed by atoms with Crippen LogP contribution in [0.5, 0.6) is 0 Å². The highest BCUT2D eigenvalue weighted by Crippen LogP contribution is 2.20. The van der Waals surface area contributed by atoms with Crippen LogP contribution in [0.1, 0.15) is 10.4 Å². The van der Waals surface area contributed by atoms with Crippen molar-refractivity contribution in [2.45, 2.75) is 4.90 Å². The number of carbonyl (C=O) groups excluding carboxylic acids is 1. The van der Waals surface area contributed by atoms with E-state index in [1.165, 1.54) is 18.2 Å². The topological polar surface area (TPSA) is 72.5 Å². The van der Waals surface area contributed by atoms with E-state index in [9.17, 15) is 13.6 Å². The van der Waals surface area contributed by atoms with Crippen molar-refractivity contribution in [1.29, 1.82) is 0 Å². The molecule has 7 heteroatoms. The minimum Gasteiger partial charge on any atom is -0.768 e. The molecule has 1 aromatic carbocycles. The van der Waals surface area contributed by atoms with E-state index in [-0.39, 0.29) is 21.4 Å². The van der Waals surface area contributed by atoms with Crippen molar-refractivity contribution in [3.63, 3.8) is 0 Å². The zero-order valence-electron chi connectivity index (χ0n) is 10.1. The van der Waals surface area contributed by atoms with Gasteiger partial charge in [0, 0.05) is 23.5 Å². The van der Waals surface area contributed by atoms with Crippen LogP contribution in [0, 0.1) is 0 Å². The second kappa shape index (κ2) is 6.84. The summed E-state index contributed by atoms with van der Waals surface area (Å²) in [4.78, 5) is 13.6. The number of benzene rings is 1.